The van der Waals surface area contributed by atoms with E-state index in [0.29, 0.717) is 12.4 Å². The first kappa shape index (κ1) is 11.8. The van der Waals surface area contributed by atoms with Gasteiger partial charge in [0.05, 0.1) is 19.8 Å². The van der Waals surface area contributed by atoms with Crippen molar-refractivity contribution in [1.29, 1.82) is 0 Å². The molecule has 1 aromatic heterocycles. The van der Waals surface area contributed by atoms with E-state index in [0.717, 1.165) is 11.3 Å². The molecule has 0 bridgehead atoms. The number of pyridine rings is 1. The zero-order valence-corrected chi connectivity index (χ0v) is 9.70. The molecule has 84 valence electrons. The summed E-state index contributed by atoms with van der Waals surface area (Å²) >= 11 is 0. The third kappa shape index (κ3) is 2.21. The molecule has 0 saturated carbocycles. The Balaban J connectivity index is 3.34. The Morgan fingerprint density at radius 2 is 2.00 bits per heavy atom. The van der Waals surface area contributed by atoms with Gasteiger partial charge in [0.25, 0.3) is 0 Å². The molecule has 0 aliphatic heterocycles. The minimum atomic E-state index is -0.217. The normalized spacial score (nSPS) is 11.3. The summed E-state index contributed by atoms with van der Waals surface area (Å²) < 4.78 is 10.5. The number of methoxy groups -OCH3 is 2. The molecule has 0 spiro atoms. The van der Waals surface area contributed by atoms with E-state index in [-0.39, 0.29) is 5.41 Å². The van der Waals surface area contributed by atoms with Gasteiger partial charge in [-0.1, -0.05) is 13.8 Å². The predicted octanol–water partition coefficient (Wildman–Crippen LogP) is 1.34. The first-order valence-electron chi connectivity index (χ1n) is 4.84. The van der Waals surface area contributed by atoms with E-state index in [9.17, 15) is 0 Å². The standard InChI is InChI=1S/C11H18N2O2/c1-11(2,7-12)9-8(14-3)5-6-13-10(9)15-4/h5-6H,7,12H2,1-4H3. The van der Waals surface area contributed by atoms with Gasteiger partial charge in [0, 0.05) is 18.2 Å². The van der Waals surface area contributed by atoms with Gasteiger partial charge in [-0.25, -0.2) is 4.98 Å². The highest BCUT2D eigenvalue weighted by Crippen LogP contribution is 2.36. The molecule has 1 aromatic rings. The van der Waals surface area contributed by atoms with Crippen LogP contribution in [-0.2, 0) is 5.41 Å². The maximum atomic E-state index is 5.75. The molecule has 0 aliphatic rings. The van der Waals surface area contributed by atoms with E-state index in [2.05, 4.69) is 4.98 Å². The lowest BCUT2D eigenvalue weighted by Crippen LogP contribution is -2.29. The van der Waals surface area contributed by atoms with Gasteiger partial charge in [0.2, 0.25) is 5.88 Å². The van der Waals surface area contributed by atoms with E-state index in [1.165, 1.54) is 0 Å². The molecule has 15 heavy (non-hydrogen) atoms. The topological polar surface area (TPSA) is 57.4 Å². The van der Waals surface area contributed by atoms with E-state index in [1.807, 2.05) is 19.9 Å². The van der Waals surface area contributed by atoms with Crippen molar-refractivity contribution in [3.63, 3.8) is 0 Å². The summed E-state index contributed by atoms with van der Waals surface area (Å²) in [5.41, 5.74) is 6.44. The van der Waals surface area contributed by atoms with Crippen molar-refractivity contribution >= 4 is 0 Å². The van der Waals surface area contributed by atoms with Gasteiger partial charge in [0.15, 0.2) is 0 Å². The fraction of sp³-hybridized carbons (Fsp3) is 0.545. The van der Waals surface area contributed by atoms with E-state index < -0.39 is 0 Å². The molecule has 0 radical (unpaired) electrons. The van der Waals surface area contributed by atoms with E-state index in [4.69, 9.17) is 15.2 Å². The fourth-order valence-corrected chi connectivity index (χ4v) is 1.48. The van der Waals surface area contributed by atoms with Crippen molar-refractivity contribution in [3.8, 4) is 11.6 Å². The van der Waals surface area contributed by atoms with Crippen LogP contribution in [0.1, 0.15) is 19.4 Å². The highest BCUT2D eigenvalue weighted by molar-refractivity contribution is 5.45. The maximum Gasteiger partial charge on any atom is 0.220 e. The van der Waals surface area contributed by atoms with Gasteiger partial charge in [-0.15, -0.1) is 0 Å². The molecule has 0 unspecified atom stereocenters. The number of hydrogen-bond acceptors (Lipinski definition) is 4. The molecular formula is C11H18N2O2. The Bertz CT molecular complexity index is 315. The van der Waals surface area contributed by atoms with Gasteiger partial charge in [-0.2, -0.15) is 0 Å². The number of nitrogens with two attached hydrogens (primary N) is 1. The first-order valence-corrected chi connectivity index (χ1v) is 4.84. The Labute approximate surface area is 90.4 Å². The maximum absolute atomic E-state index is 5.75. The van der Waals surface area contributed by atoms with Crippen LogP contribution in [0.15, 0.2) is 12.3 Å². The minimum Gasteiger partial charge on any atom is -0.496 e. The highest BCUT2D eigenvalue weighted by atomic mass is 16.5. The van der Waals surface area contributed by atoms with Crippen LogP contribution in [0.25, 0.3) is 0 Å². The highest BCUT2D eigenvalue weighted by Gasteiger charge is 2.27. The van der Waals surface area contributed by atoms with Crippen molar-refractivity contribution in [1.82, 2.24) is 4.98 Å². The van der Waals surface area contributed by atoms with Crippen LogP contribution in [0.3, 0.4) is 0 Å². The smallest absolute Gasteiger partial charge is 0.220 e. The monoisotopic (exact) mass is 210 g/mol. The summed E-state index contributed by atoms with van der Waals surface area (Å²) in [5.74, 6) is 1.34. The molecule has 2 N–H and O–H groups in total. The van der Waals surface area contributed by atoms with Gasteiger partial charge in [-0.3, -0.25) is 0 Å². The van der Waals surface area contributed by atoms with E-state index >= 15 is 0 Å². The zero-order valence-electron chi connectivity index (χ0n) is 9.70. The van der Waals surface area contributed by atoms with Gasteiger partial charge in [-0.05, 0) is 6.07 Å². The molecule has 1 rings (SSSR count). The summed E-state index contributed by atoms with van der Waals surface area (Å²) in [5, 5.41) is 0. The van der Waals surface area contributed by atoms with Gasteiger partial charge < -0.3 is 15.2 Å². The van der Waals surface area contributed by atoms with Crippen LogP contribution in [0.5, 0.6) is 11.6 Å². The van der Waals surface area contributed by atoms with Crippen LogP contribution < -0.4 is 15.2 Å². The van der Waals surface area contributed by atoms with Crippen LogP contribution in [0, 0.1) is 0 Å². The molecule has 0 amide bonds. The number of hydrogen-bond donors (Lipinski definition) is 1. The summed E-state index contributed by atoms with van der Waals surface area (Å²) in [4.78, 5) is 4.16. The van der Waals surface area contributed by atoms with Crippen molar-refractivity contribution < 1.29 is 9.47 Å². The zero-order chi connectivity index (χ0) is 11.5. The predicted molar refractivity (Wildman–Crippen MR) is 59.4 cm³/mol. The second kappa shape index (κ2) is 4.49. The van der Waals surface area contributed by atoms with Crippen LogP contribution in [0.4, 0.5) is 0 Å². The lowest BCUT2D eigenvalue weighted by atomic mass is 9.84. The van der Waals surface area contributed by atoms with Gasteiger partial charge in [0.1, 0.15) is 5.75 Å². The molecule has 4 heteroatoms. The molecule has 0 saturated heterocycles. The third-order valence-electron chi connectivity index (χ3n) is 2.48. The number of ether oxygens (including phenoxy) is 2. The molecule has 0 aromatic carbocycles. The van der Waals surface area contributed by atoms with E-state index in [1.54, 1.807) is 20.4 Å². The van der Waals surface area contributed by atoms with Crippen molar-refractivity contribution in [2.45, 2.75) is 19.3 Å². The van der Waals surface area contributed by atoms with Gasteiger partial charge >= 0.3 is 0 Å². The SMILES string of the molecule is COc1ccnc(OC)c1C(C)(C)CN. The second-order valence-corrected chi connectivity index (χ2v) is 3.99. The summed E-state index contributed by atoms with van der Waals surface area (Å²) in [6, 6.07) is 1.81. The first-order chi connectivity index (χ1) is 7.06. The number of aromatic nitrogens is 1. The lowest BCUT2D eigenvalue weighted by molar-refractivity contribution is 0.352. The average Bonchev–Trinajstić information content (AvgIpc) is 2.27. The summed E-state index contributed by atoms with van der Waals surface area (Å²) in [7, 11) is 3.22. The summed E-state index contributed by atoms with van der Waals surface area (Å²) in [6.45, 7) is 4.58. The Morgan fingerprint density at radius 3 is 2.47 bits per heavy atom. The molecule has 0 fully saturated rings. The largest absolute Gasteiger partial charge is 0.496 e. The Kier molecular flexibility index (Phi) is 3.52. The van der Waals surface area contributed by atoms with Crippen molar-refractivity contribution in [2.24, 2.45) is 5.73 Å². The molecule has 0 atom stereocenters. The molecular weight excluding hydrogens is 192 g/mol. The number of rotatable bonds is 4. The fourth-order valence-electron chi connectivity index (χ4n) is 1.48. The van der Waals surface area contributed by atoms with Crippen LogP contribution in [0.2, 0.25) is 0 Å². The second-order valence-electron chi connectivity index (χ2n) is 3.99. The van der Waals surface area contributed by atoms with Crippen molar-refractivity contribution in [2.75, 3.05) is 20.8 Å². The Hall–Kier alpha value is -1.29. The summed E-state index contributed by atoms with van der Waals surface area (Å²) in [6.07, 6.45) is 1.66. The lowest BCUT2D eigenvalue weighted by Gasteiger charge is -2.26. The third-order valence-corrected chi connectivity index (χ3v) is 2.48. The Morgan fingerprint density at radius 1 is 1.33 bits per heavy atom. The van der Waals surface area contributed by atoms with Crippen LogP contribution >= 0.6 is 0 Å². The minimum absolute atomic E-state index is 0.217. The van der Waals surface area contributed by atoms with Crippen molar-refractivity contribution in [3.05, 3.63) is 17.8 Å². The molecule has 4 nitrogen and oxygen atoms in total. The molecule has 1 heterocycles. The number of nitrogens with zero attached hydrogens (tertiary/aromatic N) is 1. The quantitative estimate of drug-likeness (QED) is 0.814. The van der Waals surface area contributed by atoms with Crippen LogP contribution in [-0.4, -0.2) is 25.7 Å². The molecule has 0 aliphatic carbocycles. The average molecular weight is 210 g/mol.